The highest BCUT2D eigenvalue weighted by atomic mass is 19.4. The molecule has 0 spiro atoms. The second-order valence-corrected chi connectivity index (χ2v) is 6.34. The molecule has 1 heterocycles. The first-order valence-corrected chi connectivity index (χ1v) is 8.75. The fourth-order valence-corrected chi connectivity index (χ4v) is 3.04. The number of halogens is 3. The lowest BCUT2D eigenvalue weighted by Gasteiger charge is -2.33. The van der Waals surface area contributed by atoms with Crippen LogP contribution in [-0.2, 0) is 15.7 Å². The lowest BCUT2D eigenvalue weighted by Crippen LogP contribution is -2.46. The average Bonchev–Trinajstić information content (AvgIpc) is 2.72. The number of ether oxygens (including phenoxy) is 1. The minimum Gasteiger partial charge on any atom is -0.370 e. The molecule has 2 amide bonds. The summed E-state index contributed by atoms with van der Waals surface area (Å²) in [4.78, 5) is 26.1. The van der Waals surface area contributed by atoms with Crippen molar-refractivity contribution in [2.75, 3.05) is 26.2 Å². The van der Waals surface area contributed by atoms with Gasteiger partial charge >= 0.3 is 6.18 Å². The lowest BCUT2D eigenvalue weighted by molar-refractivity contribution is -0.138. The largest absolute Gasteiger partial charge is 0.417 e. The first kappa shape index (κ1) is 19.9. The van der Waals surface area contributed by atoms with E-state index in [1.807, 2.05) is 30.3 Å². The van der Waals surface area contributed by atoms with Gasteiger partial charge in [-0.2, -0.15) is 13.2 Å². The van der Waals surface area contributed by atoms with Crippen LogP contribution in [0.25, 0.3) is 0 Å². The normalized spacial score (nSPS) is 17.2. The van der Waals surface area contributed by atoms with Crippen molar-refractivity contribution >= 4 is 11.8 Å². The van der Waals surface area contributed by atoms with Crippen molar-refractivity contribution in [3.63, 3.8) is 0 Å². The molecule has 0 saturated carbocycles. The number of alkyl halides is 3. The van der Waals surface area contributed by atoms with E-state index in [4.69, 9.17) is 4.74 Å². The number of amides is 2. The number of hydrogen-bond acceptors (Lipinski definition) is 3. The molecule has 1 saturated heterocycles. The number of carbonyl (C=O) groups is 2. The second-order valence-electron chi connectivity index (χ2n) is 6.34. The highest BCUT2D eigenvalue weighted by Gasteiger charge is 2.35. The minimum absolute atomic E-state index is 0.277. The van der Waals surface area contributed by atoms with Gasteiger partial charge in [0.05, 0.1) is 30.8 Å². The third-order valence-electron chi connectivity index (χ3n) is 4.47. The minimum atomic E-state index is -4.65. The summed E-state index contributed by atoms with van der Waals surface area (Å²) in [6.07, 6.45) is -4.93. The Morgan fingerprint density at radius 1 is 1.07 bits per heavy atom. The Morgan fingerprint density at radius 3 is 2.46 bits per heavy atom. The highest BCUT2D eigenvalue weighted by molar-refractivity contribution is 5.97. The summed E-state index contributed by atoms with van der Waals surface area (Å²) < 4.78 is 44.8. The first-order valence-electron chi connectivity index (χ1n) is 8.75. The number of morpholine rings is 1. The van der Waals surface area contributed by atoms with Crippen LogP contribution in [0.5, 0.6) is 0 Å². The fraction of sp³-hybridized carbons (Fsp3) is 0.300. The molecule has 0 aromatic heterocycles. The Labute approximate surface area is 160 Å². The Balaban J connectivity index is 1.61. The molecule has 1 N–H and O–H groups in total. The first-order chi connectivity index (χ1) is 13.4. The quantitative estimate of drug-likeness (QED) is 0.870. The summed E-state index contributed by atoms with van der Waals surface area (Å²) in [6, 6.07) is 13.9. The maximum Gasteiger partial charge on any atom is 0.417 e. The van der Waals surface area contributed by atoms with Crippen LogP contribution in [0.1, 0.15) is 27.6 Å². The van der Waals surface area contributed by atoms with Gasteiger partial charge < -0.3 is 15.0 Å². The van der Waals surface area contributed by atoms with E-state index in [1.165, 1.54) is 17.0 Å². The van der Waals surface area contributed by atoms with E-state index in [-0.39, 0.29) is 18.6 Å². The zero-order chi connectivity index (χ0) is 20.1. The Bertz CT molecular complexity index is 840. The maximum absolute atomic E-state index is 13.0. The van der Waals surface area contributed by atoms with Gasteiger partial charge in [0.1, 0.15) is 6.10 Å². The Hall–Kier alpha value is -2.87. The molecule has 1 aliphatic heterocycles. The number of nitrogens with zero attached hydrogens (tertiary/aromatic N) is 1. The van der Waals surface area contributed by atoms with Gasteiger partial charge in [0.15, 0.2) is 0 Å². The van der Waals surface area contributed by atoms with Crippen molar-refractivity contribution in [2.24, 2.45) is 0 Å². The number of rotatable bonds is 4. The molecular weight excluding hydrogens is 373 g/mol. The van der Waals surface area contributed by atoms with E-state index in [0.717, 1.165) is 17.7 Å². The Morgan fingerprint density at radius 2 is 1.75 bits per heavy atom. The molecule has 1 fully saturated rings. The SMILES string of the molecule is O=C(NCC(=O)N1CCOC(c2ccccc2)C1)c1ccccc1C(F)(F)F. The summed E-state index contributed by atoms with van der Waals surface area (Å²) in [5, 5.41) is 2.29. The van der Waals surface area contributed by atoms with Crippen LogP contribution in [0.15, 0.2) is 54.6 Å². The van der Waals surface area contributed by atoms with Crippen LogP contribution in [0, 0.1) is 0 Å². The molecule has 1 atom stereocenters. The van der Waals surface area contributed by atoms with E-state index < -0.39 is 23.2 Å². The maximum atomic E-state index is 13.0. The standard InChI is InChI=1S/C20H19F3N2O3/c21-20(22,23)16-9-5-4-8-15(16)19(27)24-12-18(26)25-10-11-28-17(13-25)14-6-2-1-3-7-14/h1-9,17H,10-13H2,(H,24,27). The van der Waals surface area contributed by atoms with Gasteiger partial charge in [-0.3, -0.25) is 9.59 Å². The molecule has 2 aromatic rings. The van der Waals surface area contributed by atoms with Gasteiger partial charge in [-0.15, -0.1) is 0 Å². The summed E-state index contributed by atoms with van der Waals surface area (Å²) in [5.41, 5.74) is -0.606. The van der Waals surface area contributed by atoms with Gasteiger partial charge in [-0.1, -0.05) is 42.5 Å². The molecule has 0 bridgehead atoms. The number of carbonyl (C=O) groups excluding carboxylic acids is 2. The van der Waals surface area contributed by atoms with Gasteiger partial charge in [0.25, 0.3) is 5.91 Å². The predicted octanol–water partition coefficient (Wildman–Crippen LogP) is 3.04. The lowest BCUT2D eigenvalue weighted by atomic mass is 10.1. The van der Waals surface area contributed by atoms with E-state index in [9.17, 15) is 22.8 Å². The van der Waals surface area contributed by atoms with Crippen molar-refractivity contribution in [3.8, 4) is 0 Å². The molecule has 8 heteroatoms. The van der Waals surface area contributed by atoms with E-state index >= 15 is 0 Å². The number of benzene rings is 2. The van der Waals surface area contributed by atoms with Crippen molar-refractivity contribution in [1.82, 2.24) is 10.2 Å². The van der Waals surface area contributed by atoms with Crippen molar-refractivity contribution in [2.45, 2.75) is 12.3 Å². The molecular formula is C20H19F3N2O3. The molecule has 3 rings (SSSR count). The van der Waals surface area contributed by atoms with E-state index in [1.54, 1.807) is 0 Å². The molecule has 28 heavy (non-hydrogen) atoms. The average molecular weight is 392 g/mol. The smallest absolute Gasteiger partial charge is 0.370 e. The molecule has 5 nitrogen and oxygen atoms in total. The van der Waals surface area contributed by atoms with Crippen LogP contribution in [0.3, 0.4) is 0 Å². The zero-order valence-corrected chi connectivity index (χ0v) is 14.9. The van der Waals surface area contributed by atoms with Gasteiger partial charge in [-0.25, -0.2) is 0 Å². The van der Waals surface area contributed by atoms with Crippen LogP contribution in [0.2, 0.25) is 0 Å². The van der Waals surface area contributed by atoms with Crippen LogP contribution >= 0.6 is 0 Å². The number of nitrogens with one attached hydrogen (secondary N) is 1. The Kier molecular flexibility index (Phi) is 5.99. The van der Waals surface area contributed by atoms with Crippen molar-refractivity contribution < 1.29 is 27.5 Å². The molecule has 1 unspecified atom stereocenters. The highest BCUT2D eigenvalue weighted by Crippen LogP contribution is 2.31. The van der Waals surface area contributed by atoms with E-state index in [2.05, 4.69) is 5.32 Å². The molecule has 1 aliphatic rings. The molecule has 0 radical (unpaired) electrons. The topological polar surface area (TPSA) is 58.6 Å². The summed E-state index contributed by atoms with van der Waals surface area (Å²) in [5.74, 6) is -1.31. The second kappa shape index (κ2) is 8.43. The summed E-state index contributed by atoms with van der Waals surface area (Å²) >= 11 is 0. The van der Waals surface area contributed by atoms with Gasteiger partial charge in [0, 0.05) is 6.54 Å². The summed E-state index contributed by atoms with van der Waals surface area (Å²) in [7, 11) is 0. The fourth-order valence-electron chi connectivity index (χ4n) is 3.04. The number of hydrogen-bond donors (Lipinski definition) is 1. The van der Waals surface area contributed by atoms with E-state index in [0.29, 0.717) is 19.7 Å². The van der Waals surface area contributed by atoms with Gasteiger partial charge in [-0.05, 0) is 17.7 Å². The zero-order valence-electron chi connectivity index (χ0n) is 14.9. The van der Waals surface area contributed by atoms with Crippen molar-refractivity contribution in [1.29, 1.82) is 0 Å². The van der Waals surface area contributed by atoms with Gasteiger partial charge in [0.2, 0.25) is 5.91 Å². The molecule has 0 aliphatic carbocycles. The predicted molar refractivity (Wildman–Crippen MR) is 95.5 cm³/mol. The van der Waals surface area contributed by atoms with Crippen molar-refractivity contribution in [3.05, 3.63) is 71.3 Å². The van der Waals surface area contributed by atoms with Crippen LogP contribution in [0.4, 0.5) is 13.2 Å². The van der Waals surface area contributed by atoms with Crippen LogP contribution < -0.4 is 5.32 Å². The monoisotopic (exact) mass is 392 g/mol. The summed E-state index contributed by atoms with van der Waals surface area (Å²) in [6.45, 7) is 0.637. The molecule has 2 aromatic carbocycles. The third-order valence-corrected chi connectivity index (χ3v) is 4.47. The van der Waals surface area contributed by atoms with Crippen LogP contribution in [-0.4, -0.2) is 43.0 Å². The molecule has 148 valence electrons. The third kappa shape index (κ3) is 4.69.